The molecule has 3 amide bonds. The number of imide groups is 1. The fourth-order valence-corrected chi connectivity index (χ4v) is 5.84. The monoisotopic (exact) mass is 414 g/mol. The van der Waals surface area contributed by atoms with Crippen LogP contribution in [0, 0.1) is 17.8 Å². The molecule has 0 unspecified atom stereocenters. The zero-order chi connectivity index (χ0) is 21.0. The van der Waals surface area contributed by atoms with E-state index >= 15 is 0 Å². The first kappa shape index (κ1) is 20.7. The second-order valence-corrected chi connectivity index (χ2v) is 9.13. The summed E-state index contributed by atoms with van der Waals surface area (Å²) in [5.41, 5.74) is -0.158. The van der Waals surface area contributed by atoms with Crippen molar-refractivity contribution in [1.82, 2.24) is 10.6 Å². The maximum absolute atomic E-state index is 12.3. The summed E-state index contributed by atoms with van der Waals surface area (Å²) in [6, 6.07) is 8.87. The van der Waals surface area contributed by atoms with Crippen LogP contribution in [0.25, 0.3) is 0 Å². The number of rotatable bonds is 8. The third-order valence-electron chi connectivity index (χ3n) is 6.57. The van der Waals surface area contributed by atoms with Gasteiger partial charge >= 0.3 is 12.0 Å². The lowest BCUT2D eigenvalue weighted by molar-refractivity contribution is -0.148. The van der Waals surface area contributed by atoms with Gasteiger partial charge in [0.05, 0.1) is 6.61 Å². The second kappa shape index (κ2) is 9.06. The van der Waals surface area contributed by atoms with Gasteiger partial charge in [0, 0.05) is 12.0 Å². The van der Waals surface area contributed by atoms with Gasteiger partial charge in [-0.2, -0.15) is 0 Å². The molecule has 4 aliphatic rings. The Kier molecular flexibility index (Phi) is 6.25. The van der Waals surface area contributed by atoms with Crippen molar-refractivity contribution in [1.29, 1.82) is 0 Å². The molecule has 30 heavy (non-hydrogen) atoms. The summed E-state index contributed by atoms with van der Waals surface area (Å²) in [5, 5.41) is 5.38. The normalized spacial score (nSPS) is 28.6. The number of carbonyl (C=O) groups is 3. The van der Waals surface area contributed by atoms with Crippen LogP contribution in [0.1, 0.15) is 51.4 Å². The Morgan fingerprint density at radius 1 is 0.967 bits per heavy atom. The van der Waals surface area contributed by atoms with Crippen molar-refractivity contribution in [3.8, 4) is 5.75 Å². The lowest BCUT2D eigenvalue weighted by Gasteiger charge is -2.56. The van der Waals surface area contributed by atoms with Gasteiger partial charge in [0.25, 0.3) is 5.91 Å². The molecule has 0 spiro atoms. The molecule has 0 heterocycles. The molecule has 1 aromatic rings. The Hall–Kier alpha value is -2.57. The molecule has 4 aliphatic carbocycles. The van der Waals surface area contributed by atoms with E-state index < -0.39 is 24.5 Å². The van der Waals surface area contributed by atoms with Crippen LogP contribution in [-0.2, 0) is 14.3 Å². The standard InChI is InChI=1S/C23H30N2O5/c26-20(15-30-21(27)7-4-8-29-19-5-2-1-3-6-19)24-22(28)25-23-12-16-9-17(13-23)11-18(10-16)14-23/h1-3,5-6,16-18H,4,7-15H2,(H2,24,25,26,28). The van der Waals surface area contributed by atoms with E-state index in [1.807, 2.05) is 30.3 Å². The van der Waals surface area contributed by atoms with Crippen molar-refractivity contribution in [2.24, 2.45) is 17.8 Å². The van der Waals surface area contributed by atoms with Gasteiger partial charge in [-0.25, -0.2) is 4.79 Å². The van der Waals surface area contributed by atoms with E-state index in [0.717, 1.165) is 25.0 Å². The number of amides is 3. The van der Waals surface area contributed by atoms with Crippen molar-refractivity contribution in [3.63, 3.8) is 0 Å². The van der Waals surface area contributed by atoms with Crippen molar-refractivity contribution in [3.05, 3.63) is 30.3 Å². The predicted octanol–water partition coefficient (Wildman–Crippen LogP) is 3.18. The average Bonchev–Trinajstić information content (AvgIpc) is 2.69. The van der Waals surface area contributed by atoms with E-state index in [1.165, 1.54) is 19.3 Å². The number of urea groups is 1. The van der Waals surface area contributed by atoms with Crippen molar-refractivity contribution >= 4 is 17.9 Å². The number of ether oxygens (including phenoxy) is 2. The topological polar surface area (TPSA) is 93.7 Å². The van der Waals surface area contributed by atoms with Crippen LogP contribution in [0.2, 0.25) is 0 Å². The number of benzene rings is 1. The maximum atomic E-state index is 12.3. The predicted molar refractivity (Wildman–Crippen MR) is 110 cm³/mol. The van der Waals surface area contributed by atoms with Gasteiger partial charge in [0.1, 0.15) is 5.75 Å². The molecule has 7 nitrogen and oxygen atoms in total. The van der Waals surface area contributed by atoms with E-state index in [2.05, 4.69) is 10.6 Å². The van der Waals surface area contributed by atoms with E-state index in [4.69, 9.17) is 9.47 Å². The minimum atomic E-state index is -0.605. The van der Waals surface area contributed by atoms with E-state index in [0.29, 0.717) is 30.8 Å². The minimum absolute atomic E-state index is 0.152. The number of carbonyl (C=O) groups excluding carboxylic acids is 3. The quantitative estimate of drug-likeness (QED) is 0.503. The summed E-state index contributed by atoms with van der Waals surface area (Å²) in [4.78, 5) is 36.1. The smallest absolute Gasteiger partial charge is 0.321 e. The number of hydrogen-bond acceptors (Lipinski definition) is 5. The molecule has 4 bridgehead atoms. The van der Waals surface area contributed by atoms with Crippen molar-refractivity contribution < 1.29 is 23.9 Å². The highest BCUT2D eigenvalue weighted by Crippen LogP contribution is 2.55. The number of para-hydroxylation sites is 1. The summed E-state index contributed by atoms with van der Waals surface area (Å²) in [7, 11) is 0. The van der Waals surface area contributed by atoms with Crippen LogP contribution in [0.4, 0.5) is 4.79 Å². The van der Waals surface area contributed by atoms with Gasteiger partial charge in [0.2, 0.25) is 0 Å². The van der Waals surface area contributed by atoms with Gasteiger partial charge < -0.3 is 14.8 Å². The first-order valence-electron chi connectivity index (χ1n) is 11.0. The highest BCUT2D eigenvalue weighted by atomic mass is 16.5. The fraction of sp³-hybridized carbons (Fsp3) is 0.609. The summed E-state index contributed by atoms with van der Waals surface area (Å²) in [6.07, 6.45) is 7.54. The Morgan fingerprint density at radius 3 is 2.23 bits per heavy atom. The van der Waals surface area contributed by atoms with Crippen LogP contribution < -0.4 is 15.4 Å². The molecule has 0 atom stereocenters. The first-order valence-corrected chi connectivity index (χ1v) is 11.0. The molecule has 0 aliphatic heterocycles. The molecule has 1 aromatic carbocycles. The third-order valence-corrected chi connectivity index (χ3v) is 6.57. The molecule has 4 saturated carbocycles. The lowest BCUT2D eigenvalue weighted by Crippen LogP contribution is -2.62. The van der Waals surface area contributed by atoms with Crippen LogP contribution in [0.5, 0.6) is 5.75 Å². The highest BCUT2D eigenvalue weighted by molar-refractivity contribution is 5.95. The van der Waals surface area contributed by atoms with Gasteiger partial charge in [-0.15, -0.1) is 0 Å². The van der Waals surface area contributed by atoms with Gasteiger partial charge in [0.15, 0.2) is 6.61 Å². The molecule has 0 radical (unpaired) electrons. The lowest BCUT2D eigenvalue weighted by atomic mass is 9.53. The van der Waals surface area contributed by atoms with Crippen LogP contribution >= 0.6 is 0 Å². The molecule has 2 N–H and O–H groups in total. The Labute approximate surface area is 176 Å². The zero-order valence-corrected chi connectivity index (χ0v) is 17.2. The van der Waals surface area contributed by atoms with Gasteiger partial charge in [-0.3, -0.25) is 14.9 Å². The second-order valence-electron chi connectivity index (χ2n) is 9.13. The van der Waals surface area contributed by atoms with Crippen LogP contribution in [0.15, 0.2) is 30.3 Å². The van der Waals surface area contributed by atoms with Crippen molar-refractivity contribution in [2.45, 2.75) is 56.9 Å². The first-order chi connectivity index (χ1) is 14.5. The molecule has 162 valence electrons. The molecule has 0 aromatic heterocycles. The highest BCUT2D eigenvalue weighted by Gasteiger charge is 2.51. The summed E-state index contributed by atoms with van der Waals surface area (Å²) >= 11 is 0. The van der Waals surface area contributed by atoms with Crippen molar-refractivity contribution in [2.75, 3.05) is 13.2 Å². The maximum Gasteiger partial charge on any atom is 0.321 e. The Bertz CT molecular complexity index is 744. The molecule has 5 rings (SSSR count). The van der Waals surface area contributed by atoms with E-state index in [1.54, 1.807) is 0 Å². The Balaban J connectivity index is 1.11. The van der Waals surface area contributed by atoms with Gasteiger partial charge in [-0.05, 0) is 74.8 Å². The van der Waals surface area contributed by atoms with Crippen LogP contribution in [-0.4, -0.2) is 36.7 Å². The number of hydrogen-bond donors (Lipinski definition) is 2. The summed E-state index contributed by atoms with van der Waals surface area (Å²) in [6.45, 7) is -0.0640. The van der Waals surface area contributed by atoms with Crippen LogP contribution in [0.3, 0.4) is 0 Å². The largest absolute Gasteiger partial charge is 0.494 e. The molecular weight excluding hydrogens is 384 g/mol. The molecule has 4 fully saturated rings. The SMILES string of the molecule is O=C(COC(=O)CCCOc1ccccc1)NC(=O)NC12CC3CC(CC(C3)C1)C2. The minimum Gasteiger partial charge on any atom is -0.494 e. The summed E-state index contributed by atoms with van der Waals surface area (Å²) in [5.74, 6) is 1.78. The fourth-order valence-electron chi connectivity index (χ4n) is 5.84. The van der Waals surface area contributed by atoms with Gasteiger partial charge in [-0.1, -0.05) is 18.2 Å². The summed E-state index contributed by atoms with van der Waals surface area (Å²) < 4.78 is 10.5. The molecule has 7 heteroatoms. The number of esters is 1. The Morgan fingerprint density at radius 2 is 1.60 bits per heavy atom. The zero-order valence-electron chi connectivity index (χ0n) is 17.2. The average molecular weight is 415 g/mol. The molecule has 0 saturated heterocycles. The molecular formula is C23H30N2O5. The third kappa shape index (κ3) is 5.32. The van der Waals surface area contributed by atoms with E-state index in [-0.39, 0.29) is 12.0 Å². The number of nitrogens with one attached hydrogen (secondary N) is 2. The van der Waals surface area contributed by atoms with E-state index in [9.17, 15) is 14.4 Å².